The number of hydrogen-bond acceptors (Lipinski definition) is 1. The molecule has 0 aromatic heterocycles. The molecule has 0 aliphatic heterocycles. The van der Waals surface area contributed by atoms with E-state index in [1.807, 2.05) is 0 Å². The molecular weight excluding hydrogens is 196 g/mol. The van der Waals surface area contributed by atoms with E-state index in [-0.39, 0.29) is 0 Å². The van der Waals surface area contributed by atoms with Crippen LogP contribution in [-0.2, 0) is 4.79 Å². The summed E-state index contributed by atoms with van der Waals surface area (Å²) in [7, 11) is 0. The summed E-state index contributed by atoms with van der Waals surface area (Å²) in [5.41, 5.74) is 3.25. The van der Waals surface area contributed by atoms with Gasteiger partial charge in [0.1, 0.15) is 5.78 Å². The Bertz CT molecular complexity index is 278. The number of allylic oxidation sites excluding steroid dienone is 2. The minimum atomic E-state index is 0.419. The third-order valence-electron chi connectivity index (χ3n) is 3.38. The standard InChI is InChI=1S/C15H26O/c1-12-10-14(16)11-13(12)8-6-5-7-9-15(2,3)4/h5-11H2,1-4H3. The van der Waals surface area contributed by atoms with Gasteiger partial charge in [0.25, 0.3) is 0 Å². The minimum Gasteiger partial charge on any atom is -0.299 e. The molecular formula is C15H26O. The molecule has 0 atom stereocenters. The van der Waals surface area contributed by atoms with Crippen molar-refractivity contribution < 1.29 is 4.79 Å². The van der Waals surface area contributed by atoms with Crippen molar-refractivity contribution in [2.45, 2.75) is 72.6 Å². The summed E-state index contributed by atoms with van der Waals surface area (Å²) in [6.45, 7) is 9.02. The van der Waals surface area contributed by atoms with Gasteiger partial charge in [-0.1, -0.05) is 44.8 Å². The van der Waals surface area contributed by atoms with E-state index in [4.69, 9.17) is 0 Å². The zero-order valence-corrected chi connectivity index (χ0v) is 11.4. The summed E-state index contributed by atoms with van der Waals surface area (Å²) in [4.78, 5) is 11.2. The molecule has 0 amide bonds. The first kappa shape index (κ1) is 13.5. The molecule has 1 heteroatoms. The number of carbonyl (C=O) groups excluding carboxylic acids is 1. The van der Waals surface area contributed by atoms with Crippen molar-refractivity contribution in [2.24, 2.45) is 5.41 Å². The second kappa shape index (κ2) is 5.65. The summed E-state index contributed by atoms with van der Waals surface area (Å²) >= 11 is 0. The lowest BCUT2D eigenvalue weighted by Crippen LogP contribution is -2.03. The van der Waals surface area contributed by atoms with Crippen LogP contribution in [0.1, 0.15) is 72.6 Å². The molecule has 0 N–H and O–H groups in total. The molecule has 1 nitrogen and oxygen atoms in total. The van der Waals surface area contributed by atoms with Crippen molar-refractivity contribution in [3.05, 3.63) is 11.1 Å². The summed E-state index contributed by atoms with van der Waals surface area (Å²) in [6.07, 6.45) is 7.82. The number of hydrogen-bond donors (Lipinski definition) is 0. The molecule has 0 fully saturated rings. The highest BCUT2D eigenvalue weighted by Gasteiger charge is 2.17. The molecule has 0 bridgehead atoms. The fourth-order valence-corrected chi connectivity index (χ4v) is 2.34. The lowest BCUT2D eigenvalue weighted by atomic mass is 9.89. The second-order valence-corrected chi connectivity index (χ2v) is 6.40. The maximum absolute atomic E-state index is 11.2. The van der Waals surface area contributed by atoms with Gasteiger partial charge in [-0.15, -0.1) is 0 Å². The summed E-state index contributed by atoms with van der Waals surface area (Å²) in [6, 6.07) is 0. The molecule has 0 radical (unpaired) electrons. The zero-order valence-electron chi connectivity index (χ0n) is 11.4. The molecule has 92 valence electrons. The van der Waals surface area contributed by atoms with Crippen LogP contribution < -0.4 is 0 Å². The monoisotopic (exact) mass is 222 g/mol. The van der Waals surface area contributed by atoms with Gasteiger partial charge in [-0.3, -0.25) is 4.79 Å². The Balaban J connectivity index is 2.12. The third-order valence-corrected chi connectivity index (χ3v) is 3.38. The maximum atomic E-state index is 11.2. The van der Waals surface area contributed by atoms with Gasteiger partial charge in [-0.25, -0.2) is 0 Å². The van der Waals surface area contributed by atoms with E-state index in [0.29, 0.717) is 11.2 Å². The van der Waals surface area contributed by atoms with Crippen molar-refractivity contribution in [2.75, 3.05) is 0 Å². The van der Waals surface area contributed by atoms with E-state index in [2.05, 4.69) is 27.7 Å². The number of carbonyl (C=O) groups is 1. The van der Waals surface area contributed by atoms with Crippen molar-refractivity contribution in [1.29, 1.82) is 0 Å². The van der Waals surface area contributed by atoms with Gasteiger partial charge in [0, 0.05) is 12.8 Å². The van der Waals surface area contributed by atoms with Crippen LogP contribution in [0.5, 0.6) is 0 Å². The Morgan fingerprint density at radius 1 is 1.06 bits per heavy atom. The Hall–Kier alpha value is -0.590. The van der Waals surface area contributed by atoms with Crippen LogP contribution in [-0.4, -0.2) is 5.78 Å². The van der Waals surface area contributed by atoms with Crippen molar-refractivity contribution in [3.8, 4) is 0 Å². The van der Waals surface area contributed by atoms with Gasteiger partial charge in [-0.05, 0) is 31.6 Å². The third kappa shape index (κ3) is 4.96. The Morgan fingerprint density at radius 2 is 1.75 bits per heavy atom. The van der Waals surface area contributed by atoms with Crippen LogP contribution in [0.2, 0.25) is 0 Å². The highest BCUT2D eigenvalue weighted by molar-refractivity contribution is 5.86. The van der Waals surface area contributed by atoms with Crippen LogP contribution in [0.4, 0.5) is 0 Å². The first-order valence-corrected chi connectivity index (χ1v) is 6.58. The molecule has 1 aliphatic rings. The summed E-state index contributed by atoms with van der Waals surface area (Å²) in [5, 5.41) is 0. The Morgan fingerprint density at radius 3 is 2.25 bits per heavy atom. The smallest absolute Gasteiger partial charge is 0.140 e. The van der Waals surface area contributed by atoms with E-state index in [0.717, 1.165) is 19.3 Å². The van der Waals surface area contributed by atoms with Crippen molar-refractivity contribution >= 4 is 5.78 Å². The quantitative estimate of drug-likeness (QED) is 0.488. The fraction of sp³-hybridized carbons (Fsp3) is 0.800. The van der Waals surface area contributed by atoms with E-state index in [1.54, 1.807) is 0 Å². The van der Waals surface area contributed by atoms with Gasteiger partial charge in [0.2, 0.25) is 0 Å². The number of rotatable bonds is 5. The minimum absolute atomic E-state index is 0.419. The number of ketones is 1. The van der Waals surface area contributed by atoms with Crippen LogP contribution >= 0.6 is 0 Å². The fourth-order valence-electron chi connectivity index (χ4n) is 2.34. The Kier molecular flexibility index (Phi) is 4.76. The average molecular weight is 222 g/mol. The lowest BCUT2D eigenvalue weighted by Gasteiger charge is -2.17. The highest BCUT2D eigenvalue weighted by Crippen LogP contribution is 2.28. The first-order chi connectivity index (χ1) is 7.38. The molecule has 1 aliphatic carbocycles. The van der Waals surface area contributed by atoms with Crippen LogP contribution in [0.3, 0.4) is 0 Å². The molecule has 0 saturated carbocycles. The predicted molar refractivity (Wildman–Crippen MR) is 69.5 cm³/mol. The van der Waals surface area contributed by atoms with E-state index in [9.17, 15) is 4.79 Å². The normalized spacial score (nSPS) is 17.4. The van der Waals surface area contributed by atoms with E-state index in [1.165, 1.54) is 36.8 Å². The maximum Gasteiger partial charge on any atom is 0.140 e. The summed E-state index contributed by atoms with van der Waals surface area (Å²) in [5.74, 6) is 0.419. The highest BCUT2D eigenvalue weighted by atomic mass is 16.1. The molecule has 0 aromatic rings. The molecule has 0 heterocycles. The SMILES string of the molecule is CC1=C(CCCCCC(C)(C)C)CC(=O)C1. The van der Waals surface area contributed by atoms with Gasteiger partial charge in [0.15, 0.2) is 0 Å². The lowest BCUT2D eigenvalue weighted by molar-refractivity contribution is -0.117. The van der Waals surface area contributed by atoms with Crippen molar-refractivity contribution in [3.63, 3.8) is 0 Å². The molecule has 0 unspecified atom stereocenters. The van der Waals surface area contributed by atoms with Gasteiger partial charge >= 0.3 is 0 Å². The first-order valence-electron chi connectivity index (χ1n) is 6.58. The second-order valence-electron chi connectivity index (χ2n) is 6.40. The van der Waals surface area contributed by atoms with Crippen LogP contribution in [0.15, 0.2) is 11.1 Å². The van der Waals surface area contributed by atoms with E-state index >= 15 is 0 Å². The van der Waals surface area contributed by atoms with Gasteiger partial charge in [-0.2, -0.15) is 0 Å². The predicted octanol–water partition coefficient (Wildman–Crippen LogP) is 4.66. The van der Waals surface area contributed by atoms with E-state index < -0.39 is 0 Å². The average Bonchev–Trinajstić information content (AvgIpc) is 2.42. The largest absolute Gasteiger partial charge is 0.299 e. The Labute approximate surface area is 100 Å². The summed E-state index contributed by atoms with van der Waals surface area (Å²) < 4.78 is 0. The van der Waals surface area contributed by atoms with Gasteiger partial charge < -0.3 is 0 Å². The topological polar surface area (TPSA) is 17.1 Å². The molecule has 0 spiro atoms. The number of unbranched alkanes of at least 4 members (excludes halogenated alkanes) is 2. The van der Waals surface area contributed by atoms with Crippen LogP contribution in [0.25, 0.3) is 0 Å². The van der Waals surface area contributed by atoms with Crippen LogP contribution in [0, 0.1) is 5.41 Å². The van der Waals surface area contributed by atoms with Crippen molar-refractivity contribution in [1.82, 2.24) is 0 Å². The molecule has 16 heavy (non-hydrogen) atoms. The number of Topliss-reactive ketones (excluding diaryl/α,β-unsaturated/α-hetero) is 1. The molecule has 0 aromatic carbocycles. The zero-order chi connectivity index (χ0) is 12.2. The molecule has 0 saturated heterocycles. The van der Waals surface area contributed by atoms with Gasteiger partial charge in [0.05, 0.1) is 0 Å². The molecule has 1 rings (SSSR count).